The fourth-order valence-electron chi connectivity index (χ4n) is 2.65. The maximum atomic E-state index is 13.7. The summed E-state index contributed by atoms with van der Waals surface area (Å²) in [6.07, 6.45) is -0.0510. The second-order valence-corrected chi connectivity index (χ2v) is 5.62. The maximum Gasteiger partial charge on any atom is 0.303 e. The minimum Gasteiger partial charge on any atom is -0.481 e. The SMILES string of the molecule is O=C(O)CCc1cccc(NC(=O)C2Cc3cccc(F)c3O2)c1. The quantitative estimate of drug-likeness (QED) is 0.884. The van der Waals surface area contributed by atoms with Gasteiger partial charge in [0.2, 0.25) is 0 Å². The van der Waals surface area contributed by atoms with Crippen molar-refractivity contribution in [2.75, 3.05) is 5.32 Å². The number of carboxylic acid groups (broad SMARTS) is 1. The number of ether oxygens (including phenoxy) is 1. The number of aryl methyl sites for hydroxylation is 1. The lowest BCUT2D eigenvalue weighted by atomic mass is 10.1. The van der Waals surface area contributed by atoms with Crippen molar-refractivity contribution in [2.24, 2.45) is 0 Å². The fourth-order valence-corrected chi connectivity index (χ4v) is 2.65. The molecule has 0 fully saturated rings. The number of amides is 1. The van der Waals surface area contributed by atoms with Crippen LogP contribution < -0.4 is 10.1 Å². The van der Waals surface area contributed by atoms with Gasteiger partial charge in [-0.15, -0.1) is 0 Å². The van der Waals surface area contributed by atoms with E-state index in [9.17, 15) is 14.0 Å². The number of hydrogen-bond donors (Lipinski definition) is 2. The molecule has 1 atom stereocenters. The first-order chi connectivity index (χ1) is 11.5. The summed E-state index contributed by atoms with van der Waals surface area (Å²) in [6, 6.07) is 11.6. The number of carbonyl (C=O) groups excluding carboxylic acids is 1. The number of carbonyl (C=O) groups is 2. The van der Waals surface area contributed by atoms with E-state index >= 15 is 0 Å². The highest BCUT2D eigenvalue weighted by Crippen LogP contribution is 2.31. The van der Waals surface area contributed by atoms with E-state index in [0.29, 0.717) is 24.1 Å². The molecule has 2 aromatic carbocycles. The summed E-state index contributed by atoms with van der Waals surface area (Å²) in [7, 11) is 0. The van der Waals surface area contributed by atoms with Crippen LogP contribution in [0.15, 0.2) is 42.5 Å². The number of hydrogen-bond acceptors (Lipinski definition) is 3. The molecule has 6 heteroatoms. The molecule has 0 bridgehead atoms. The molecular formula is C18H16FNO4. The van der Waals surface area contributed by atoms with E-state index in [1.54, 1.807) is 36.4 Å². The van der Waals surface area contributed by atoms with Gasteiger partial charge in [-0.3, -0.25) is 9.59 Å². The smallest absolute Gasteiger partial charge is 0.303 e. The van der Waals surface area contributed by atoms with Crippen LogP contribution in [-0.2, 0) is 22.4 Å². The van der Waals surface area contributed by atoms with Gasteiger partial charge in [0.05, 0.1) is 0 Å². The lowest BCUT2D eigenvalue weighted by molar-refractivity contribution is -0.137. The molecule has 5 nitrogen and oxygen atoms in total. The van der Waals surface area contributed by atoms with Crippen LogP contribution in [-0.4, -0.2) is 23.1 Å². The number of fused-ring (bicyclic) bond motifs is 1. The Hall–Kier alpha value is -2.89. The normalized spacial score (nSPS) is 15.5. The first kappa shape index (κ1) is 16.0. The van der Waals surface area contributed by atoms with Gasteiger partial charge in [0.15, 0.2) is 17.7 Å². The minimum atomic E-state index is -0.872. The Morgan fingerprint density at radius 2 is 2.04 bits per heavy atom. The highest BCUT2D eigenvalue weighted by Gasteiger charge is 2.31. The van der Waals surface area contributed by atoms with E-state index in [0.717, 1.165) is 5.56 Å². The van der Waals surface area contributed by atoms with Gasteiger partial charge in [0.1, 0.15) is 0 Å². The predicted octanol–water partition coefficient (Wildman–Crippen LogP) is 2.79. The Labute approximate surface area is 138 Å². The van der Waals surface area contributed by atoms with Gasteiger partial charge < -0.3 is 15.2 Å². The molecule has 0 aromatic heterocycles. The molecule has 2 aromatic rings. The van der Waals surface area contributed by atoms with Crippen LogP contribution in [0, 0.1) is 5.82 Å². The van der Waals surface area contributed by atoms with Crippen molar-refractivity contribution in [3.63, 3.8) is 0 Å². The fraction of sp³-hybridized carbons (Fsp3) is 0.222. The summed E-state index contributed by atoms with van der Waals surface area (Å²) in [4.78, 5) is 22.9. The van der Waals surface area contributed by atoms with Crippen molar-refractivity contribution in [1.29, 1.82) is 0 Å². The van der Waals surface area contributed by atoms with Crippen molar-refractivity contribution < 1.29 is 23.8 Å². The first-order valence-corrected chi connectivity index (χ1v) is 7.58. The van der Waals surface area contributed by atoms with Gasteiger partial charge in [-0.05, 0) is 30.2 Å². The van der Waals surface area contributed by atoms with Crippen LogP contribution in [0.2, 0.25) is 0 Å². The molecule has 124 valence electrons. The van der Waals surface area contributed by atoms with Gasteiger partial charge in [0, 0.05) is 24.1 Å². The number of aliphatic carboxylic acids is 1. The highest BCUT2D eigenvalue weighted by atomic mass is 19.1. The second-order valence-electron chi connectivity index (χ2n) is 5.62. The molecule has 3 rings (SSSR count). The molecule has 0 spiro atoms. The summed E-state index contributed by atoms with van der Waals surface area (Å²) < 4.78 is 19.1. The standard InChI is InChI=1S/C18H16FNO4/c19-14-6-2-4-12-10-15(24-17(12)14)18(23)20-13-5-1-3-11(9-13)7-8-16(21)22/h1-6,9,15H,7-8,10H2,(H,20,23)(H,21,22). The van der Waals surface area contributed by atoms with Gasteiger partial charge in [0.25, 0.3) is 5.91 Å². The van der Waals surface area contributed by atoms with Gasteiger partial charge in [-0.1, -0.05) is 24.3 Å². The Kier molecular flexibility index (Phi) is 4.46. The van der Waals surface area contributed by atoms with E-state index in [1.807, 2.05) is 0 Å². The number of halogens is 1. The van der Waals surface area contributed by atoms with Crippen LogP contribution in [0.1, 0.15) is 17.5 Å². The molecule has 0 aliphatic carbocycles. The first-order valence-electron chi connectivity index (χ1n) is 7.58. The maximum absolute atomic E-state index is 13.7. The van der Waals surface area contributed by atoms with Gasteiger partial charge in [-0.2, -0.15) is 0 Å². The van der Waals surface area contributed by atoms with E-state index in [-0.39, 0.29) is 18.1 Å². The molecule has 1 unspecified atom stereocenters. The number of para-hydroxylation sites is 1. The van der Waals surface area contributed by atoms with Crippen molar-refractivity contribution in [2.45, 2.75) is 25.4 Å². The average Bonchev–Trinajstić information content (AvgIpc) is 2.99. The summed E-state index contributed by atoms with van der Waals surface area (Å²) in [5.74, 6) is -1.57. The predicted molar refractivity (Wildman–Crippen MR) is 85.5 cm³/mol. The number of anilines is 1. The van der Waals surface area contributed by atoms with E-state index in [1.165, 1.54) is 6.07 Å². The zero-order valence-corrected chi connectivity index (χ0v) is 12.8. The molecule has 1 amide bonds. The van der Waals surface area contributed by atoms with Crippen LogP contribution in [0.4, 0.5) is 10.1 Å². The topological polar surface area (TPSA) is 75.6 Å². The lowest BCUT2D eigenvalue weighted by Gasteiger charge is -2.12. The second kappa shape index (κ2) is 6.70. The van der Waals surface area contributed by atoms with E-state index in [2.05, 4.69) is 5.32 Å². The summed E-state index contributed by atoms with van der Waals surface area (Å²) in [5, 5.41) is 11.5. The van der Waals surface area contributed by atoms with Gasteiger partial charge >= 0.3 is 5.97 Å². The molecule has 0 saturated heterocycles. The zero-order valence-electron chi connectivity index (χ0n) is 12.8. The monoisotopic (exact) mass is 329 g/mol. The summed E-state index contributed by atoms with van der Waals surface area (Å²) in [5.41, 5.74) is 2.05. The number of nitrogens with one attached hydrogen (secondary N) is 1. The molecule has 1 aliphatic heterocycles. The van der Waals surface area contributed by atoms with Crippen LogP contribution >= 0.6 is 0 Å². The Morgan fingerprint density at radius 1 is 1.25 bits per heavy atom. The van der Waals surface area contributed by atoms with Crippen molar-refractivity contribution in [1.82, 2.24) is 0 Å². The Morgan fingerprint density at radius 3 is 2.79 bits per heavy atom. The Bertz CT molecular complexity index is 790. The largest absolute Gasteiger partial charge is 0.481 e. The number of benzene rings is 2. The average molecular weight is 329 g/mol. The number of rotatable bonds is 5. The third kappa shape index (κ3) is 3.53. The third-order valence-corrected chi connectivity index (χ3v) is 3.83. The van der Waals surface area contributed by atoms with E-state index in [4.69, 9.17) is 9.84 Å². The number of carboxylic acids is 1. The molecular weight excluding hydrogens is 313 g/mol. The molecule has 0 radical (unpaired) electrons. The zero-order chi connectivity index (χ0) is 17.1. The summed E-state index contributed by atoms with van der Waals surface area (Å²) in [6.45, 7) is 0. The Balaban J connectivity index is 1.65. The van der Waals surface area contributed by atoms with Crippen molar-refractivity contribution in [3.8, 4) is 5.75 Å². The molecule has 0 saturated carbocycles. The van der Waals surface area contributed by atoms with Crippen LogP contribution in [0.3, 0.4) is 0 Å². The molecule has 2 N–H and O–H groups in total. The minimum absolute atomic E-state index is 0.0255. The molecule has 24 heavy (non-hydrogen) atoms. The lowest BCUT2D eigenvalue weighted by Crippen LogP contribution is -2.31. The third-order valence-electron chi connectivity index (χ3n) is 3.83. The van der Waals surface area contributed by atoms with Gasteiger partial charge in [-0.25, -0.2) is 4.39 Å². The highest BCUT2D eigenvalue weighted by molar-refractivity contribution is 5.95. The van der Waals surface area contributed by atoms with Crippen LogP contribution in [0.5, 0.6) is 5.75 Å². The van der Waals surface area contributed by atoms with Crippen molar-refractivity contribution >= 4 is 17.6 Å². The molecule has 1 heterocycles. The molecule has 1 aliphatic rings. The van der Waals surface area contributed by atoms with Crippen LogP contribution in [0.25, 0.3) is 0 Å². The van der Waals surface area contributed by atoms with Crippen molar-refractivity contribution in [3.05, 3.63) is 59.4 Å². The van der Waals surface area contributed by atoms with E-state index < -0.39 is 17.9 Å². The summed E-state index contributed by atoms with van der Waals surface area (Å²) >= 11 is 0.